The number of aromatic nitrogens is 1. The first kappa shape index (κ1) is 28.2. The van der Waals surface area contributed by atoms with E-state index in [0.29, 0.717) is 48.3 Å². The maximum Gasteiger partial charge on any atom is 0.338 e. The van der Waals surface area contributed by atoms with Gasteiger partial charge in [0.1, 0.15) is 6.04 Å². The molecule has 0 unspecified atom stereocenters. The summed E-state index contributed by atoms with van der Waals surface area (Å²) in [4.78, 5) is 52.7. The van der Waals surface area contributed by atoms with Crippen LogP contribution >= 0.6 is 11.3 Å². The molecule has 2 atom stereocenters. The van der Waals surface area contributed by atoms with Crippen molar-refractivity contribution >= 4 is 35.1 Å². The fraction of sp³-hybridized carbons (Fsp3) is 0.464. The number of esters is 2. The van der Waals surface area contributed by atoms with Crippen LogP contribution in [0.15, 0.2) is 40.0 Å². The van der Waals surface area contributed by atoms with Crippen LogP contribution in [0.2, 0.25) is 0 Å². The minimum atomic E-state index is -1.00. The Labute approximate surface area is 244 Å². The van der Waals surface area contributed by atoms with Crippen molar-refractivity contribution < 1.29 is 32.6 Å². The van der Waals surface area contributed by atoms with Crippen LogP contribution < -0.4 is 5.32 Å². The van der Waals surface area contributed by atoms with Crippen molar-refractivity contribution in [2.24, 2.45) is 10.9 Å². The number of amides is 2. The molecule has 3 aliphatic heterocycles. The van der Waals surface area contributed by atoms with Gasteiger partial charge in [-0.05, 0) is 37.0 Å². The first-order chi connectivity index (χ1) is 20.2. The third-order valence-corrected chi connectivity index (χ3v) is 8.79. The Hall–Kier alpha value is -3.91. The lowest BCUT2D eigenvalue weighted by Crippen LogP contribution is -2.53. The fourth-order valence-corrected chi connectivity index (χ4v) is 6.19. The van der Waals surface area contributed by atoms with Crippen LogP contribution in [0, 0.1) is 24.5 Å². The van der Waals surface area contributed by atoms with E-state index in [9.17, 15) is 23.2 Å². The number of thiazole rings is 1. The summed E-state index contributed by atoms with van der Waals surface area (Å²) in [6.45, 7) is 3.56. The molecule has 1 aromatic carbocycles. The van der Waals surface area contributed by atoms with Crippen molar-refractivity contribution in [3.8, 4) is 0 Å². The average molecular weight is 601 g/mol. The number of methoxy groups -OCH3 is 1. The van der Waals surface area contributed by atoms with Gasteiger partial charge in [0, 0.05) is 50.0 Å². The summed E-state index contributed by atoms with van der Waals surface area (Å²) >= 11 is 1.35. The third kappa shape index (κ3) is 5.36. The van der Waals surface area contributed by atoms with Gasteiger partial charge in [-0.2, -0.15) is 0 Å². The normalized spacial score (nSPS) is 22.6. The van der Waals surface area contributed by atoms with Crippen LogP contribution in [0.25, 0.3) is 0 Å². The summed E-state index contributed by atoms with van der Waals surface area (Å²) in [6, 6.07) is 1.19. The Balaban J connectivity index is 1.26. The quantitative estimate of drug-likeness (QED) is 0.460. The molecule has 3 fully saturated rings. The van der Waals surface area contributed by atoms with Crippen LogP contribution in [-0.2, 0) is 19.1 Å². The van der Waals surface area contributed by atoms with E-state index in [4.69, 9.17) is 14.5 Å². The second kappa shape index (κ2) is 11.4. The highest BCUT2D eigenvalue weighted by Crippen LogP contribution is 2.36. The molecule has 1 saturated carbocycles. The summed E-state index contributed by atoms with van der Waals surface area (Å²) in [5, 5.41) is 5.62. The largest absolute Gasteiger partial charge is 0.466 e. The maximum absolute atomic E-state index is 14.7. The number of carbonyl (C=O) groups is 3. The summed E-state index contributed by atoms with van der Waals surface area (Å²) in [5.74, 6) is -2.54. The highest BCUT2D eigenvalue weighted by molar-refractivity contribution is 7.11. The molecule has 2 saturated heterocycles. The molecule has 4 aliphatic rings. The number of halogens is 2. The summed E-state index contributed by atoms with van der Waals surface area (Å²) in [7, 11) is 1.26. The average Bonchev–Trinajstić information content (AvgIpc) is 3.60. The number of ether oxygens (including phenoxy) is 2. The van der Waals surface area contributed by atoms with Gasteiger partial charge in [0.15, 0.2) is 29.2 Å². The van der Waals surface area contributed by atoms with Crippen LogP contribution in [0.1, 0.15) is 35.0 Å². The van der Waals surface area contributed by atoms with Crippen LogP contribution in [0.5, 0.6) is 0 Å². The van der Waals surface area contributed by atoms with E-state index < -0.39 is 23.6 Å². The van der Waals surface area contributed by atoms with Gasteiger partial charge in [-0.25, -0.2) is 23.4 Å². The molecule has 11 nitrogen and oxygen atoms in total. The second-order valence-electron chi connectivity index (χ2n) is 10.8. The molecule has 42 heavy (non-hydrogen) atoms. The van der Waals surface area contributed by atoms with Crippen molar-refractivity contribution in [3.05, 3.63) is 62.7 Å². The van der Waals surface area contributed by atoms with Gasteiger partial charge in [-0.1, -0.05) is 6.07 Å². The van der Waals surface area contributed by atoms with E-state index >= 15 is 0 Å². The van der Waals surface area contributed by atoms with Gasteiger partial charge >= 0.3 is 18.0 Å². The van der Waals surface area contributed by atoms with Crippen molar-refractivity contribution in [1.29, 1.82) is 0 Å². The van der Waals surface area contributed by atoms with Gasteiger partial charge in [0.2, 0.25) is 0 Å². The number of benzene rings is 1. The Morgan fingerprint density at radius 3 is 2.71 bits per heavy atom. The molecule has 1 N–H and O–H groups in total. The summed E-state index contributed by atoms with van der Waals surface area (Å²) in [5.41, 5.74) is 1.07. The highest BCUT2D eigenvalue weighted by Gasteiger charge is 2.42. The first-order valence-corrected chi connectivity index (χ1v) is 14.6. The zero-order chi connectivity index (χ0) is 29.5. The molecule has 0 spiro atoms. The molecule has 2 aromatic rings. The van der Waals surface area contributed by atoms with E-state index in [1.165, 1.54) is 31.4 Å². The summed E-state index contributed by atoms with van der Waals surface area (Å²) in [6.07, 6.45) is 3.30. The number of aliphatic imine (C=N–C) groups is 1. The number of carbonyl (C=O) groups excluding carboxylic acids is 3. The van der Waals surface area contributed by atoms with Gasteiger partial charge < -0.3 is 19.7 Å². The van der Waals surface area contributed by atoms with Gasteiger partial charge in [-0.15, -0.1) is 11.3 Å². The number of nitrogens with zero attached hydrogens (tertiary/aromatic N) is 5. The monoisotopic (exact) mass is 600 g/mol. The molecule has 1 aliphatic carbocycles. The van der Waals surface area contributed by atoms with E-state index in [0.717, 1.165) is 18.9 Å². The lowest BCUT2D eigenvalue weighted by molar-refractivity contribution is -0.148. The lowest BCUT2D eigenvalue weighted by Gasteiger charge is -2.38. The van der Waals surface area contributed by atoms with Crippen LogP contribution in [0.4, 0.5) is 13.6 Å². The molecule has 1 aromatic heterocycles. The lowest BCUT2D eigenvalue weighted by atomic mass is 9.92. The van der Waals surface area contributed by atoms with Crippen molar-refractivity contribution in [1.82, 2.24) is 25.0 Å². The number of hydrogen-bond acceptors (Lipinski definition) is 10. The van der Waals surface area contributed by atoms with Gasteiger partial charge in [0.05, 0.1) is 24.6 Å². The minimum Gasteiger partial charge on any atom is -0.466 e. The Morgan fingerprint density at radius 1 is 1.19 bits per heavy atom. The predicted molar refractivity (Wildman–Crippen MR) is 147 cm³/mol. The number of rotatable bonds is 8. The van der Waals surface area contributed by atoms with Gasteiger partial charge in [0.25, 0.3) is 0 Å². The number of hydrogen-bond donors (Lipinski definition) is 1. The van der Waals surface area contributed by atoms with Gasteiger partial charge in [-0.3, -0.25) is 19.6 Å². The number of piperazine rings is 1. The minimum absolute atomic E-state index is 0.0436. The second-order valence-corrected chi connectivity index (χ2v) is 11.7. The fourth-order valence-electron chi connectivity index (χ4n) is 5.60. The van der Waals surface area contributed by atoms with Crippen molar-refractivity contribution in [3.63, 3.8) is 0 Å². The number of nitrogens with one attached hydrogen (secondary N) is 1. The molecule has 6 rings (SSSR count). The standard InChI is InChI=1S/C28H30F2N6O5S/c1-15-18(5-6-19(29)22(15)30)23-21(27(38)40-2)20(32-24(33-23)25-31-7-10-42-25)13-34-8-9-36-17(11-34)12-35(28(36)39)14-41-26(37)16-3-4-16/h5-7,10,16-17,23H,3-4,8-9,11-14H2,1-2H3,(H,32,33)/t17-,23-/m0/s1. The Kier molecular flexibility index (Phi) is 7.66. The predicted octanol–water partition coefficient (Wildman–Crippen LogP) is 2.58. The SMILES string of the molecule is COC(=O)C1=C(CN2CCN3C(=O)N(COC(=O)C4CC4)C[C@@H]3C2)NC(c2nccs2)=N[C@H]1c1ccc(F)c(F)c1C. The Bertz CT molecular complexity index is 1480. The van der Waals surface area contributed by atoms with E-state index in [1.54, 1.807) is 21.4 Å². The molecule has 14 heteroatoms. The highest BCUT2D eigenvalue weighted by atomic mass is 32.1. The van der Waals surface area contributed by atoms with Crippen molar-refractivity contribution in [2.45, 2.75) is 31.8 Å². The zero-order valence-electron chi connectivity index (χ0n) is 23.1. The number of urea groups is 1. The Morgan fingerprint density at radius 2 is 2.00 bits per heavy atom. The number of amidine groups is 1. The topological polar surface area (TPSA) is 117 Å². The molecule has 222 valence electrons. The first-order valence-electron chi connectivity index (χ1n) is 13.7. The molecular weight excluding hydrogens is 570 g/mol. The number of fused-ring (bicyclic) bond motifs is 1. The van der Waals surface area contributed by atoms with Crippen LogP contribution in [0.3, 0.4) is 0 Å². The summed E-state index contributed by atoms with van der Waals surface area (Å²) < 4.78 is 39.2. The maximum atomic E-state index is 14.7. The molecule has 0 bridgehead atoms. The van der Waals surface area contributed by atoms with E-state index in [2.05, 4.69) is 15.2 Å². The van der Waals surface area contributed by atoms with E-state index in [-0.39, 0.29) is 48.4 Å². The zero-order valence-corrected chi connectivity index (χ0v) is 24.0. The van der Waals surface area contributed by atoms with Crippen LogP contribution in [-0.4, -0.2) is 96.1 Å². The van der Waals surface area contributed by atoms with Crippen molar-refractivity contribution in [2.75, 3.05) is 46.6 Å². The molecule has 0 radical (unpaired) electrons. The molecular formula is C28H30F2N6O5S. The third-order valence-electron chi connectivity index (χ3n) is 8.01. The van der Waals surface area contributed by atoms with E-state index in [1.807, 2.05) is 0 Å². The molecule has 4 heterocycles. The smallest absolute Gasteiger partial charge is 0.338 e. The molecule has 2 amide bonds.